The molecule has 0 bridgehead atoms. The van der Waals surface area contributed by atoms with Crippen molar-refractivity contribution in [1.82, 2.24) is 5.32 Å². The molecule has 0 spiro atoms. The zero-order valence-electron chi connectivity index (χ0n) is 11.8. The van der Waals surface area contributed by atoms with E-state index in [1.165, 1.54) is 11.1 Å². The molecule has 0 radical (unpaired) electrons. The lowest BCUT2D eigenvalue weighted by molar-refractivity contribution is 0.320. The number of hydrogen-bond donors (Lipinski definition) is 1. The molecule has 1 aromatic carbocycles. The molecule has 0 saturated carbocycles. The molecule has 0 aliphatic heterocycles. The van der Waals surface area contributed by atoms with Gasteiger partial charge in [-0.25, -0.2) is 0 Å². The lowest BCUT2D eigenvalue weighted by Gasteiger charge is -2.22. The van der Waals surface area contributed by atoms with E-state index < -0.39 is 0 Å². The number of terminal acetylenes is 1. The first-order valence-corrected chi connectivity index (χ1v) is 6.33. The summed E-state index contributed by atoms with van der Waals surface area (Å²) < 4.78 is 5.72. The third-order valence-corrected chi connectivity index (χ3v) is 2.53. The maximum absolute atomic E-state index is 5.72. The van der Waals surface area contributed by atoms with E-state index in [0.717, 1.165) is 12.3 Å². The van der Waals surface area contributed by atoms with E-state index in [1.54, 1.807) is 0 Å². The van der Waals surface area contributed by atoms with Crippen LogP contribution in [0.3, 0.4) is 0 Å². The van der Waals surface area contributed by atoms with Crippen LogP contribution in [-0.2, 0) is 6.54 Å². The van der Waals surface area contributed by atoms with Gasteiger partial charge in [-0.1, -0.05) is 17.7 Å². The third kappa shape index (κ3) is 5.25. The number of aryl methyl sites for hydroxylation is 1. The summed E-state index contributed by atoms with van der Waals surface area (Å²) in [5.41, 5.74) is 2.52. The van der Waals surface area contributed by atoms with Gasteiger partial charge < -0.3 is 10.1 Å². The van der Waals surface area contributed by atoms with Crippen LogP contribution in [0.5, 0.6) is 5.75 Å². The van der Waals surface area contributed by atoms with Crippen LogP contribution < -0.4 is 10.1 Å². The largest absolute Gasteiger partial charge is 0.492 e. The molecule has 18 heavy (non-hydrogen) atoms. The van der Waals surface area contributed by atoms with Gasteiger partial charge in [-0.05, 0) is 33.8 Å². The summed E-state index contributed by atoms with van der Waals surface area (Å²) in [7, 11) is 0. The highest BCUT2D eigenvalue weighted by Crippen LogP contribution is 2.21. The van der Waals surface area contributed by atoms with Crippen LogP contribution in [-0.4, -0.2) is 12.1 Å². The molecule has 0 aromatic heterocycles. The summed E-state index contributed by atoms with van der Waals surface area (Å²) >= 11 is 0. The van der Waals surface area contributed by atoms with Crippen LogP contribution in [0.2, 0.25) is 0 Å². The lowest BCUT2D eigenvalue weighted by atomic mass is 10.1. The van der Waals surface area contributed by atoms with E-state index in [-0.39, 0.29) is 5.54 Å². The van der Waals surface area contributed by atoms with E-state index in [2.05, 4.69) is 51.1 Å². The summed E-state index contributed by atoms with van der Waals surface area (Å²) in [5.74, 6) is 3.51. The average Bonchev–Trinajstić information content (AvgIpc) is 2.28. The Morgan fingerprint density at radius 2 is 2.06 bits per heavy atom. The number of hydrogen-bond acceptors (Lipinski definition) is 2. The van der Waals surface area contributed by atoms with Crippen LogP contribution in [0, 0.1) is 19.3 Å². The Morgan fingerprint density at radius 3 is 2.67 bits per heavy atom. The molecule has 0 aliphatic rings. The highest BCUT2D eigenvalue weighted by molar-refractivity contribution is 5.37. The molecule has 0 aliphatic carbocycles. The second-order valence-corrected chi connectivity index (χ2v) is 5.52. The van der Waals surface area contributed by atoms with Crippen molar-refractivity contribution in [3.8, 4) is 18.1 Å². The minimum atomic E-state index is 0.0971. The Labute approximate surface area is 111 Å². The molecule has 1 aromatic rings. The molecule has 0 amide bonds. The van der Waals surface area contributed by atoms with E-state index in [1.807, 2.05) is 6.07 Å². The fourth-order valence-corrected chi connectivity index (χ4v) is 1.57. The Kier molecular flexibility index (Phi) is 5.25. The Hall–Kier alpha value is -1.46. The van der Waals surface area contributed by atoms with Gasteiger partial charge in [-0.3, -0.25) is 0 Å². The van der Waals surface area contributed by atoms with Gasteiger partial charge in [0.05, 0.1) is 6.61 Å². The molecule has 0 unspecified atom stereocenters. The van der Waals surface area contributed by atoms with Crippen molar-refractivity contribution in [2.24, 2.45) is 0 Å². The summed E-state index contributed by atoms with van der Waals surface area (Å²) in [6, 6.07) is 6.24. The first kappa shape index (κ1) is 14.6. The van der Waals surface area contributed by atoms with E-state index in [0.29, 0.717) is 13.0 Å². The quantitative estimate of drug-likeness (QED) is 0.635. The maximum Gasteiger partial charge on any atom is 0.123 e. The predicted molar refractivity (Wildman–Crippen MR) is 76.7 cm³/mol. The van der Waals surface area contributed by atoms with Gasteiger partial charge in [-0.2, -0.15) is 0 Å². The number of benzene rings is 1. The Balaban J connectivity index is 2.74. The molecule has 0 fully saturated rings. The van der Waals surface area contributed by atoms with Crippen LogP contribution >= 0.6 is 0 Å². The van der Waals surface area contributed by atoms with Crippen LogP contribution in [0.15, 0.2) is 18.2 Å². The topological polar surface area (TPSA) is 21.3 Å². The van der Waals surface area contributed by atoms with Crippen molar-refractivity contribution in [2.75, 3.05) is 6.61 Å². The van der Waals surface area contributed by atoms with Crippen molar-refractivity contribution >= 4 is 0 Å². The first-order chi connectivity index (χ1) is 8.42. The summed E-state index contributed by atoms with van der Waals surface area (Å²) in [6.07, 6.45) is 5.87. The molecule has 0 heterocycles. The highest BCUT2D eigenvalue weighted by atomic mass is 16.5. The van der Waals surface area contributed by atoms with Crippen LogP contribution in [0.1, 0.15) is 38.3 Å². The smallest absolute Gasteiger partial charge is 0.123 e. The SMILES string of the molecule is C#CCCOc1ccc(C)cc1CNC(C)(C)C. The molecule has 2 nitrogen and oxygen atoms in total. The van der Waals surface area contributed by atoms with Crippen LogP contribution in [0.4, 0.5) is 0 Å². The molecular weight excluding hydrogens is 222 g/mol. The second kappa shape index (κ2) is 6.47. The minimum absolute atomic E-state index is 0.0971. The molecule has 0 atom stereocenters. The second-order valence-electron chi connectivity index (χ2n) is 5.52. The molecule has 98 valence electrons. The average molecular weight is 245 g/mol. The summed E-state index contributed by atoms with van der Waals surface area (Å²) in [4.78, 5) is 0. The maximum atomic E-state index is 5.72. The van der Waals surface area contributed by atoms with Gasteiger partial charge in [-0.15, -0.1) is 12.3 Å². The minimum Gasteiger partial charge on any atom is -0.492 e. The monoisotopic (exact) mass is 245 g/mol. The van der Waals surface area contributed by atoms with Crippen molar-refractivity contribution in [1.29, 1.82) is 0 Å². The van der Waals surface area contributed by atoms with Gasteiger partial charge in [0.1, 0.15) is 5.75 Å². The van der Waals surface area contributed by atoms with Gasteiger partial charge in [0, 0.05) is 24.1 Å². The molecule has 1 rings (SSSR count). The third-order valence-electron chi connectivity index (χ3n) is 2.53. The lowest BCUT2D eigenvalue weighted by Crippen LogP contribution is -2.35. The normalized spacial score (nSPS) is 11.1. The van der Waals surface area contributed by atoms with Crippen molar-refractivity contribution in [2.45, 2.75) is 46.2 Å². The van der Waals surface area contributed by atoms with Crippen LogP contribution in [0.25, 0.3) is 0 Å². The standard InChI is InChI=1S/C16H23NO/c1-6-7-10-18-15-9-8-13(2)11-14(15)12-17-16(3,4)5/h1,8-9,11,17H,7,10,12H2,2-5H3. The highest BCUT2D eigenvalue weighted by Gasteiger charge is 2.11. The number of ether oxygens (including phenoxy) is 1. The van der Waals surface area contributed by atoms with Crippen molar-refractivity contribution < 1.29 is 4.74 Å². The molecule has 0 saturated heterocycles. The molecule has 2 heteroatoms. The van der Waals surface area contributed by atoms with Gasteiger partial charge in [0.2, 0.25) is 0 Å². The van der Waals surface area contributed by atoms with E-state index in [4.69, 9.17) is 11.2 Å². The van der Waals surface area contributed by atoms with Gasteiger partial charge in [0.25, 0.3) is 0 Å². The Morgan fingerprint density at radius 1 is 1.33 bits per heavy atom. The molecule has 1 N–H and O–H groups in total. The number of nitrogens with one attached hydrogen (secondary N) is 1. The Bertz CT molecular complexity index is 424. The summed E-state index contributed by atoms with van der Waals surface area (Å²) in [6.45, 7) is 9.93. The van der Waals surface area contributed by atoms with E-state index in [9.17, 15) is 0 Å². The molecular formula is C16H23NO. The number of rotatable bonds is 5. The van der Waals surface area contributed by atoms with Crippen molar-refractivity contribution in [3.05, 3.63) is 29.3 Å². The first-order valence-electron chi connectivity index (χ1n) is 6.33. The van der Waals surface area contributed by atoms with Crippen molar-refractivity contribution in [3.63, 3.8) is 0 Å². The fraction of sp³-hybridized carbons (Fsp3) is 0.500. The van der Waals surface area contributed by atoms with Gasteiger partial charge >= 0.3 is 0 Å². The summed E-state index contributed by atoms with van der Waals surface area (Å²) in [5, 5.41) is 3.48. The zero-order valence-corrected chi connectivity index (χ0v) is 11.8. The predicted octanol–water partition coefficient (Wildman–Crippen LogP) is 3.29. The van der Waals surface area contributed by atoms with Gasteiger partial charge in [0.15, 0.2) is 0 Å². The zero-order chi connectivity index (χ0) is 13.6. The van der Waals surface area contributed by atoms with E-state index >= 15 is 0 Å². The fourth-order valence-electron chi connectivity index (χ4n) is 1.57.